The molecule has 26 heavy (non-hydrogen) atoms. The molecule has 0 saturated carbocycles. The van der Waals surface area contributed by atoms with Crippen molar-refractivity contribution in [1.29, 1.82) is 0 Å². The molecule has 0 aliphatic carbocycles. The van der Waals surface area contributed by atoms with Crippen molar-refractivity contribution in [3.05, 3.63) is 57.5 Å². The number of carboxylic acids is 1. The van der Waals surface area contributed by atoms with Crippen LogP contribution in [0.3, 0.4) is 0 Å². The first-order chi connectivity index (χ1) is 12.2. The lowest BCUT2D eigenvalue weighted by atomic mass is 10.2. The summed E-state index contributed by atoms with van der Waals surface area (Å²) in [6, 6.07) is 6.86. The topological polar surface area (TPSA) is 115 Å². The predicted molar refractivity (Wildman–Crippen MR) is 95.0 cm³/mol. The number of ether oxygens (including phenoxy) is 1. The number of aryl methyl sites for hydroxylation is 1. The number of sulfonamides is 1. The molecule has 9 heteroatoms. The van der Waals surface area contributed by atoms with Gasteiger partial charge in [0.2, 0.25) is 10.0 Å². The Kier molecular flexibility index (Phi) is 5.83. The van der Waals surface area contributed by atoms with Crippen molar-refractivity contribution in [3.8, 4) is 5.75 Å². The van der Waals surface area contributed by atoms with Gasteiger partial charge in [0.1, 0.15) is 11.3 Å². The van der Waals surface area contributed by atoms with E-state index in [9.17, 15) is 23.1 Å². The molecule has 0 saturated heterocycles. The average molecular weight is 380 g/mol. The number of hydrogen-bond acceptors (Lipinski definition) is 5. The van der Waals surface area contributed by atoms with Gasteiger partial charge in [-0.25, -0.2) is 17.9 Å². The van der Waals surface area contributed by atoms with Crippen LogP contribution in [0, 0.1) is 6.92 Å². The van der Waals surface area contributed by atoms with Crippen molar-refractivity contribution in [2.75, 3.05) is 6.61 Å². The normalized spacial score (nSPS) is 11.3. The number of nitrogens with zero attached hydrogens (tertiary/aromatic N) is 1. The molecule has 1 aromatic carbocycles. The van der Waals surface area contributed by atoms with Gasteiger partial charge in [0.15, 0.2) is 0 Å². The first kappa shape index (κ1) is 19.7. The standard InChI is InChI=1S/C17H20N2O6S/c1-4-25-15-8-7-13(9-14(15)17(21)22)26(23,24)18-10-12-6-5-11(2)19(3)16(12)20/h5-9,18H,4,10H2,1-3H3,(H,21,22). The molecule has 0 aliphatic rings. The molecular weight excluding hydrogens is 360 g/mol. The molecule has 1 heterocycles. The van der Waals surface area contributed by atoms with Crippen molar-refractivity contribution >= 4 is 16.0 Å². The lowest BCUT2D eigenvalue weighted by Gasteiger charge is -2.11. The molecule has 0 amide bonds. The number of aromatic carboxylic acids is 1. The van der Waals surface area contributed by atoms with Crippen LogP contribution >= 0.6 is 0 Å². The van der Waals surface area contributed by atoms with Crippen LogP contribution in [-0.4, -0.2) is 30.7 Å². The molecule has 0 fully saturated rings. The second kappa shape index (κ2) is 7.71. The number of rotatable bonds is 7. The molecule has 0 aliphatic heterocycles. The van der Waals surface area contributed by atoms with Crippen molar-refractivity contribution < 1.29 is 23.1 Å². The summed E-state index contributed by atoms with van der Waals surface area (Å²) in [5, 5.41) is 9.24. The van der Waals surface area contributed by atoms with E-state index >= 15 is 0 Å². The SMILES string of the molecule is CCOc1ccc(S(=O)(=O)NCc2ccc(C)n(C)c2=O)cc1C(=O)O. The number of aromatic nitrogens is 1. The van der Waals surface area contributed by atoms with Gasteiger partial charge < -0.3 is 14.4 Å². The highest BCUT2D eigenvalue weighted by Crippen LogP contribution is 2.23. The average Bonchev–Trinajstić information content (AvgIpc) is 2.59. The van der Waals surface area contributed by atoms with E-state index in [0.29, 0.717) is 0 Å². The molecule has 0 atom stereocenters. The van der Waals surface area contributed by atoms with E-state index in [4.69, 9.17) is 4.74 Å². The van der Waals surface area contributed by atoms with Gasteiger partial charge in [0.05, 0.1) is 11.5 Å². The Bertz CT molecular complexity index is 995. The third-order valence-electron chi connectivity index (χ3n) is 3.88. The maximum atomic E-state index is 12.5. The van der Waals surface area contributed by atoms with Crippen LogP contribution in [0.2, 0.25) is 0 Å². The lowest BCUT2D eigenvalue weighted by molar-refractivity contribution is 0.0692. The first-order valence-electron chi connectivity index (χ1n) is 7.82. The van der Waals surface area contributed by atoms with Crippen molar-refractivity contribution in [2.24, 2.45) is 7.05 Å². The number of carboxylic acid groups (broad SMARTS) is 1. The van der Waals surface area contributed by atoms with Crippen molar-refractivity contribution in [3.63, 3.8) is 0 Å². The lowest BCUT2D eigenvalue weighted by Crippen LogP contribution is -2.30. The second-order valence-corrected chi connectivity index (χ2v) is 7.35. The first-order valence-corrected chi connectivity index (χ1v) is 9.31. The van der Waals surface area contributed by atoms with Crippen molar-refractivity contribution in [1.82, 2.24) is 9.29 Å². The number of hydrogen-bond donors (Lipinski definition) is 2. The molecule has 2 aromatic rings. The van der Waals surface area contributed by atoms with E-state index in [1.165, 1.54) is 16.7 Å². The number of nitrogens with one attached hydrogen (secondary N) is 1. The fourth-order valence-corrected chi connectivity index (χ4v) is 3.33. The highest BCUT2D eigenvalue weighted by atomic mass is 32.2. The Hall–Kier alpha value is -2.65. The van der Waals surface area contributed by atoms with Crippen LogP contribution in [-0.2, 0) is 23.6 Å². The van der Waals surface area contributed by atoms with Gasteiger partial charge in [-0.2, -0.15) is 0 Å². The maximum Gasteiger partial charge on any atom is 0.339 e. The van der Waals surface area contributed by atoms with E-state index < -0.39 is 16.0 Å². The van der Waals surface area contributed by atoms with Gasteiger partial charge in [0, 0.05) is 24.8 Å². The Morgan fingerprint density at radius 2 is 1.96 bits per heavy atom. The Balaban J connectivity index is 2.31. The molecule has 0 radical (unpaired) electrons. The minimum Gasteiger partial charge on any atom is -0.493 e. The highest BCUT2D eigenvalue weighted by Gasteiger charge is 2.20. The Morgan fingerprint density at radius 3 is 2.58 bits per heavy atom. The minimum atomic E-state index is -4.00. The number of carbonyl (C=O) groups is 1. The molecular formula is C17H20N2O6S. The molecule has 0 bridgehead atoms. The summed E-state index contributed by atoms with van der Waals surface area (Å²) in [6.07, 6.45) is 0. The van der Waals surface area contributed by atoms with Crippen LogP contribution in [0.1, 0.15) is 28.5 Å². The molecule has 140 valence electrons. The van der Waals surface area contributed by atoms with Crippen LogP contribution in [0.15, 0.2) is 40.0 Å². The van der Waals surface area contributed by atoms with E-state index in [1.807, 2.05) is 0 Å². The summed E-state index contributed by atoms with van der Waals surface area (Å²) < 4.78 is 33.9. The smallest absolute Gasteiger partial charge is 0.339 e. The zero-order valence-corrected chi connectivity index (χ0v) is 15.5. The maximum absolute atomic E-state index is 12.5. The molecule has 2 N–H and O–H groups in total. The third kappa shape index (κ3) is 4.12. The quantitative estimate of drug-likeness (QED) is 0.748. The zero-order valence-electron chi connectivity index (χ0n) is 14.6. The van der Waals surface area contributed by atoms with Crippen LogP contribution < -0.4 is 15.0 Å². The van der Waals surface area contributed by atoms with E-state index in [1.54, 1.807) is 33.0 Å². The molecule has 8 nitrogen and oxygen atoms in total. The summed E-state index contributed by atoms with van der Waals surface area (Å²) in [6.45, 7) is 3.51. The highest BCUT2D eigenvalue weighted by molar-refractivity contribution is 7.89. The zero-order chi connectivity index (χ0) is 19.5. The minimum absolute atomic E-state index is 0.0892. The predicted octanol–water partition coefficient (Wildman–Crippen LogP) is 1.27. The summed E-state index contributed by atoms with van der Waals surface area (Å²) >= 11 is 0. The summed E-state index contributed by atoms with van der Waals surface area (Å²) in [5.74, 6) is -1.20. The van der Waals surface area contributed by atoms with Crippen LogP contribution in [0.25, 0.3) is 0 Å². The number of pyridine rings is 1. The van der Waals surface area contributed by atoms with Gasteiger partial charge in [-0.05, 0) is 38.1 Å². The third-order valence-corrected chi connectivity index (χ3v) is 5.28. The van der Waals surface area contributed by atoms with E-state index in [-0.39, 0.29) is 40.5 Å². The summed E-state index contributed by atoms with van der Waals surface area (Å²) in [5.41, 5.74) is 0.483. The van der Waals surface area contributed by atoms with Gasteiger partial charge >= 0.3 is 5.97 Å². The molecule has 0 spiro atoms. The second-order valence-electron chi connectivity index (χ2n) is 5.58. The van der Waals surface area contributed by atoms with Gasteiger partial charge in [-0.1, -0.05) is 6.07 Å². The summed E-state index contributed by atoms with van der Waals surface area (Å²) in [4.78, 5) is 23.2. The molecule has 0 unspecified atom stereocenters. The van der Waals surface area contributed by atoms with Gasteiger partial charge in [0.25, 0.3) is 5.56 Å². The molecule has 1 aromatic heterocycles. The fourth-order valence-electron chi connectivity index (χ4n) is 2.30. The number of benzene rings is 1. The fraction of sp³-hybridized carbons (Fsp3) is 0.294. The largest absolute Gasteiger partial charge is 0.493 e. The van der Waals surface area contributed by atoms with Crippen LogP contribution in [0.5, 0.6) is 5.75 Å². The van der Waals surface area contributed by atoms with Crippen molar-refractivity contribution in [2.45, 2.75) is 25.3 Å². The van der Waals surface area contributed by atoms with Gasteiger partial charge in [-0.15, -0.1) is 0 Å². The summed E-state index contributed by atoms with van der Waals surface area (Å²) in [7, 11) is -2.40. The van der Waals surface area contributed by atoms with Gasteiger partial charge in [-0.3, -0.25) is 4.79 Å². The Morgan fingerprint density at radius 1 is 1.27 bits per heavy atom. The Labute approximate surface area is 151 Å². The molecule has 2 rings (SSSR count). The van der Waals surface area contributed by atoms with E-state index in [2.05, 4.69) is 4.72 Å². The van der Waals surface area contributed by atoms with Crippen LogP contribution in [0.4, 0.5) is 0 Å². The monoisotopic (exact) mass is 380 g/mol. The van der Waals surface area contributed by atoms with E-state index in [0.717, 1.165) is 11.8 Å².